The molecule has 0 unspecified atom stereocenters. The van der Waals surface area contributed by atoms with Crippen LogP contribution < -0.4 is 18.3 Å². The number of benzene rings is 8. The molecule has 8 heterocycles. The maximum Gasteiger partial charge on any atom is 0.212 e. The molecular formula is C94H97N5O4+4. The molecule has 0 N–H and O–H groups in total. The second-order valence-electron chi connectivity index (χ2n) is 26.6. The van der Waals surface area contributed by atoms with Gasteiger partial charge in [-0.05, 0) is 219 Å². The molecule has 0 atom stereocenters. The lowest BCUT2D eigenvalue weighted by Gasteiger charge is -2.09. The van der Waals surface area contributed by atoms with E-state index in [-0.39, 0.29) is 59.0 Å². The highest BCUT2D eigenvalue weighted by atomic mass is 16.3. The number of aromatic nitrogens is 4. The van der Waals surface area contributed by atoms with Crippen LogP contribution in [-0.4, -0.2) is 0 Å². The molecule has 518 valence electrons. The molecule has 0 spiro atoms. The largest absolute Gasteiger partial charge is 0.456 e. The van der Waals surface area contributed by atoms with Crippen molar-refractivity contribution in [3.8, 4) is 51.1 Å². The third-order valence-corrected chi connectivity index (χ3v) is 18.3. The van der Waals surface area contributed by atoms with Crippen molar-refractivity contribution in [1.82, 2.24) is 0 Å². The summed E-state index contributed by atoms with van der Waals surface area (Å²) in [5, 5.41) is 16.2. The zero-order chi connectivity index (χ0) is 98.9. The Hall–Kier alpha value is -11.0. The fraction of sp³-hybridized carbons (Fsp3) is 0.266. The molecule has 16 rings (SSSR count). The Morgan fingerprint density at radius 3 is 1.18 bits per heavy atom. The molecule has 0 radical (unpaired) electrons. The fourth-order valence-corrected chi connectivity index (χ4v) is 13.3. The maximum absolute atomic E-state index is 9.43. The summed E-state index contributed by atoms with van der Waals surface area (Å²) >= 11 is 0. The van der Waals surface area contributed by atoms with Gasteiger partial charge in [0, 0.05) is 138 Å². The minimum absolute atomic E-state index is 0.0345. The molecule has 9 nitrogen and oxygen atoms in total. The topological polar surface area (TPSA) is 91.9 Å². The fourth-order valence-electron chi connectivity index (χ4n) is 13.3. The van der Waals surface area contributed by atoms with E-state index in [1.807, 2.05) is 107 Å². The van der Waals surface area contributed by atoms with E-state index in [4.69, 9.17) is 58.8 Å². The molecule has 8 aromatic heterocycles. The first-order valence-corrected chi connectivity index (χ1v) is 33.7. The number of nitrogens with zero attached hydrogens (tertiary/aromatic N) is 5. The van der Waals surface area contributed by atoms with Crippen LogP contribution in [0.15, 0.2) is 212 Å². The predicted octanol–water partition coefficient (Wildman–Crippen LogP) is 23.0. The zero-order valence-corrected chi connectivity index (χ0v) is 60.1. The summed E-state index contributed by atoms with van der Waals surface area (Å²) in [6, 6.07) is 35.7. The average molecular weight is 1390 g/mol. The Kier molecular flexibility index (Phi) is 11.9. The van der Waals surface area contributed by atoms with Gasteiger partial charge in [-0.3, -0.25) is 0 Å². The Morgan fingerprint density at radius 2 is 0.767 bits per heavy atom. The van der Waals surface area contributed by atoms with E-state index >= 15 is 0 Å². The van der Waals surface area contributed by atoms with Gasteiger partial charge in [0.25, 0.3) is 0 Å². The van der Waals surface area contributed by atoms with Crippen molar-refractivity contribution in [2.24, 2.45) is 40.0 Å². The molecule has 0 saturated heterocycles. The summed E-state index contributed by atoms with van der Waals surface area (Å²) in [7, 11) is 6.18. The van der Waals surface area contributed by atoms with Crippen LogP contribution in [0.2, 0.25) is 0 Å². The quantitative estimate of drug-likeness (QED) is 0.127. The van der Waals surface area contributed by atoms with Gasteiger partial charge in [-0.2, -0.15) is 5.26 Å². The lowest BCUT2D eigenvalue weighted by Crippen LogP contribution is -2.30. The summed E-state index contributed by atoms with van der Waals surface area (Å²) in [6.45, 7) is 6.68. The van der Waals surface area contributed by atoms with Crippen LogP contribution in [0.1, 0.15) is 175 Å². The van der Waals surface area contributed by atoms with Gasteiger partial charge in [-0.15, -0.1) is 0 Å². The molecule has 16 aromatic rings. The van der Waals surface area contributed by atoms with Crippen LogP contribution in [0.3, 0.4) is 0 Å². The van der Waals surface area contributed by atoms with E-state index in [1.165, 1.54) is 32.4 Å². The third-order valence-electron chi connectivity index (χ3n) is 18.3. The van der Waals surface area contributed by atoms with Gasteiger partial charge >= 0.3 is 0 Å². The highest BCUT2D eigenvalue weighted by Gasteiger charge is 2.25. The molecule has 0 saturated carbocycles. The molecule has 103 heavy (non-hydrogen) atoms. The Balaban J connectivity index is 0.000000151. The highest BCUT2D eigenvalue weighted by Crippen LogP contribution is 2.42. The van der Waals surface area contributed by atoms with E-state index in [0.717, 1.165) is 87.6 Å². The molecule has 0 amide bonds. The predicted molar refractivity (Wildman–Crippen MR) is 424 cm³/mol. The minimum atomic E-state index is -3.38. The first-order chi connectivity index (χ1) is 61.5. The smallest absolute Gasteiger partial charge is 0.212 e. The highest BCUT2D eigenvalue weighted by molar-refractivity contribution is 6.12. The van der Waals surface area contributed by atoms with Crippen molar-refractivity contribution in [3.05, 3.63) is 261 Å². The van der Waals surface area contributed by atoms with E-state index in [9.17, 15) is 5.26 Å². The lowest BCUT2D eigenvalue weighted by atomic mass is 9.96. The third kappa shape index (κ3) is 13.9. The molecule has 8 aromatic carbocycles. The standard InChI is InChI=1S/C24H23N2O.C24H26NO.2C23H24NO/c1-15(2)12-17-10-11-26(4)21(13-17)19-8-9-22-23(16(19)3)20-7-5-6-18(14-25)24(20)27-22;1-15(2)12-18-10-11-25(5)21(14-18)19-8-9-22-24(17(19)4)20-7-6-16(3)13-23(20)26-22;1-14(2)17-10-11-24(5)20(13-17)18-7-9-22-23(16(18)4)19-12-15(3)6-8-21(19)25-22;1-14(2)17-10-11-24(5)20(13-17)18-8-9-21-23(16(18)4)19-7-6-15(3)12-22(19)25-21/h5-11,13,15H,12H2,1-4H3;6-11,13-15H,12H2,1-5H3;2*6-14H,1-5H3/q4*+1/i10D,11D,12D2,13D;10D,11D,12D2,14D;2*1D3,2D3,10D,11D,13D,14D. The molecule has 0 fully saturated rings. The number of furan rings is 4. The number of aryl methyl sites for hydroxylation is 7. The monoisotopic (exact) mass is 1390 g/mol. The van der Waals surface area contributed by atoms with Crippen LogP contribution in [0.25, 0.3) is 133 Å². The summed E-state index contributed by atoms with van der Waals surface area (Å²) in [5.41, 5.74) is 13.3. The number of pyridine rings is 4. The number of rotatable bonds is 10. The van der Waals surface area contributed by atoms with Gasteiger partial charge in [0.2, 0.25) is 22.8 Å². The Morgan fingerprint density at radius 1 is 0.408 bits per heavy atom. The lowest BCUT2D eigenvalue weighted by molar-refractivity contribution is -0.660. The van der Waals surface area contributed by atoms with Crippen LogP contribution in [-0.2, 0) is 40.9 Å². The van der Waals surface area contributed by atoms with Gasteiger partial charge in [0.1, 0.15) is 78.8 Å². The molecule has 9 heteroatoms. The Labute approximate surface area is 648 Å². The maximum atomic E-state index is 9.43. The van der Waals surface area contributed by atoms with Gasteiger partial charge in [0.05, 0.1) is 16.5 Å². The van der Waals surface area contributed by atoms with Crippen LogP contribution in [0, 0.1) is 71.6 Å². The minimum Gasteiger partial charge on any atom is -0.456 e. The van der Waals surface area contributed by atoms with Crippen molar-refractivity contribution in [1.29, 1.82) is 5.26 Å². The van der Waals surface area contributed by atoms with Crippen LogP contribution in [0.4, 0.5) is 0 Å². The van der Waals surface area contributed by atoms with E-state index in [1.54, 1.807) is 104 Å². The first kappa shape index (κ1) is 42.5. The van der Waals surface area contributed by atoms with Gasteiger partial charge in [-0.1, -0.05) is 103 Å². The SMILES string of the molecule is [2H]c1c(C([2H])(C([2H])([2H])[2H])C([2H])([2H])[2H])c([2H])c(-c2ccc3oc4cc(C)ccc4c3c2C)[n+](C)c1[2H].[2H]c1c(C([2H])(C([2H])([2H])[2H])C([2H])([2H])[2H])c([2H])c(-c2ccc3oc4ccc(C)cc4c3c2C)[n+](C)c1[2H].[2H]c1c(C([2H])([2H])C(C)C)c([2H])c(-c2ccc3oc4c(C#N)cccc4c3c2C)[n+](C)c1[2H].[2H]c1c(C([2H])([2H])C(C)C)c([2H])c(-c2ccc3oc4cc(C)ccc4c3c2C)[n+](C)c1[2H]. The van der Waals surface area contributed by atoms with Gasteiger partial charge in [0.15, 0.2) is 30.3 Å². The summed E-state index contributed by atoms with van der Waals surface area (Å²) < 4.78 is 278. The number of para-hydroxylation sites is 1. The Bertz CT molecular complexity index is 7530. The summed E-state index contributed by atoms with van der Waals surface area (Å²) in [5.74, 6) is -7.46. The summed E-state index contributed by atoms with van der Waals surface area (Å²) in [6.07, 6.45) is -5.09. The van der Waals surface area contributed by atoms with Crippen LogP contribution >= 0.6 is 0 Å². The molecule has 0 aliphatic heterocycles. The van der Waals surface area contributed by atoms with Crippen LogP contribution in [0.5, 0.6) is 0 Å². The van der Waals surface area contributed by atoms with Crippen molar-refractivity contribution in [2.75, 3.05) is 0 Å². The molecule has 0 aliphatic rings. The number of nitriles is 1. The van der Waals surface area contributed by atoms with Crippen molar-refractivity contribution in [3.63, 3.8) is 0 Å². The van der Waals surface area contributed by atoms with E-state index in [2.05, 4.69) is 6.07 Å². The molecular weight excluding hydrogens is 1260 g/mol. The zero-order valence-electron chi connectivity index (χ0n) is 90.1. The number of hydrogen-bond donors (Lipinski definition) is 0. The van der Waals surface area contributed by atoms with E-state index < -0.39 is 111 Å². The molecule has 0 bridgehead atoms. The van der Waals surface area contributed by atoms with E-state index in [0.29, 0.717) is 78.3 Å². The number of fused-ring (bicyclic) bond motifs is 12. The van der Waals surface area contributed by atoms with Crippen molar-refractivity contribution < 1.29 is 77.1 Å². The van der Waals surface area contributed by atoms with Crippen molar-refractivity contribution >= 4 is 87.8 Å². The second-order valence-corrected chi connectivity index (χ2v) is 26.6. The number of hydrogen-bond acceptors (Lipinski definition) is 5. The first-order valence-electron chi connectivity index (χ1n) is 48.7. The molecule has 0 aliphatic carbocycles. The summed E-state index contributed by atoms with van der Waals surface area (Å²) in [4.78, 5) is 0. The average Bonchev–Trinajstić information content (AvgIpc) is 1.32. The second kappa shape index (κ2) is 28.8. The van der Waals surface area contributed by atoms with Crippen molar-refractivity contribution in [2.45, 2.75) is 128 Å². The normalized spacial score (nSPS) is 16.9. The van der Waals surface area contributed by atoms with Gasteiger partial charge < -0.3 is 17.7 Å². The van der Waals surface area contributed by atoms with Gasteiger partial charge in [-0.25, -0.2) is 18.3 Å².